The summed E-state index contributed by atoms with van der Waals surface area (Å²) in [5.74, 6) is 5.17. The van der Waals surface area contributed by atoms with E-state index in [0.29, 0.717) is 26.3 Å². The lowest BCUT2D eigenvalue weighted by Crippen LogP contribution is -2.48. The maximum Gasteiger partial charge on any atom is 0.322 e. The maximum atomic E-state index is 12.2. The predicted octanol–water partition coefficient (Wildman–Crippen LogP) is 3.12. The van der Waals surface area contributed by atoms with Gasteiger partial charge in [-0.05, 0) is 51.3 Å². The van der Waals surface area contributed by atoms with E-state index in [1.807, 2.05) is 58.0 Å². The first-order chi connectivity index (χ1) is 15.6. The summed E-state index contributed by atoms with van der Waals surface area (Å²) in [4.78, 5) is 12.2. The maximum absolute atomic E-state index is 12.2. The number of nitrogens with one attached hydrogen (secondary N) is 1. The molecule has 0 radical (unpaired) electrons. The van der Waals surface area contributed by atoms with Crippen LogP contribution in [0.2, 0.25) is 0 Å². The van der Waals surface area contributed by atoms with Crippen LogP contribution in [0.4, 0.5) is 0 Å². The number of carbonyl (C=O) groups is 1. The van der Waals surface area contributed by atoms with Gasteiger partial charge in [0.25, 0.3) is 0 Å². The molecule has 3 rings (SSSR count). The van der Waals surface area contributed by atoms with Gasteiger partial charge in [-0.15, -0.1) is 0 Å². The summed E-state index contributed by atoms with van der Waals surface area (Å²) in [5.41, 5.74) is 2.80. The van der Waals surface area contributed by atoms with E-state index in [9.17, 15) is 4.79 Å². The van der Waals surface area contributed by atoms with Gasteiger partial charge < -0.3 is 19.5 Å². The predicted molar refractivity (Wildman–Crippen MR) is 128 cm³/mol. The van der Waals surface area contributed by atoms with Crippen LogP contribution in [0.5, 0.6) is 0 Å². The quantitative estimate of drug-likeness (QED) is 0.323. The number of rotatable bonds is 10. The average molecular weight is 456 g/mol. The molecule has 0 aromatic heterocycles. The van der Waals surface area contributed by atoms with Crippen molar-refractivity contribution in [1.82, 2.24) is 10.3 Å². The average Bonchev–Trinajstić information content (AvgIpc) is 3.19. The lowest BCUT2D eigenvalue weighted by molar-refractivity contribution is -0.156. The Kier molecular flexibility index (Phi) is 8.62. The van der Waals surface area contributed by atoms with E-state index in [-0.39, 0.29) is 18.6 Å². The number of hydrazine groups is 1. The van der Waals surface area contributed by atoms with E-state index in [4.69, 9.17) is 20.1 Å². The largest absolute Gasteiger partial charge is 0.459 e. The molecule has 1 heterocycles. The van der Waals surface area contributed by atoms with Crippen LogP contribution in [0.3, 0.4) is 0 Å². The fourth-order valence-corrected chi connectivity index (χ4v) is 3.89. The molecule has 33 heavy (non-hydrogen) atoms. The Morgan fingerprint density at radius 1 is 1.12 bits per heavy atom. The number of esters is 1. The van der Waals surface area contributed by atoms with Crippen molar-refractivity contribution in [2.24, 2.45) is 5.84 Å². The van der Waals surface area contributed by atoms with Crippen molar-refractivity contribution < 1.29 is 19.0 Å². The fourth-order valence-electron chi connectivity index (χ4n) is 3.89. The molecule has 0 aliphatic carbocycles. The molecule has 7 nitrogen and oxygen atoms in total. The smallest absolute Gasteiger partial charge is 0.322 e. The zero-order valence-corrected chi connectivity index (χ0v) is 20.2. The second-order valence-corrected chi connectivity index (χ2v) is 9.63. The van der Waals surface area contributed by atoms with Crippen molar-refractivity contribution in [3.05, 3.63) is 71.3 Å². The minimum atomic E-state index is -0.694. The number of nitrogens with two attached hydrogens (primary N) is 1. The van der Waals surface area contributed by atoms with E-state index in [2.05, 4.69) is 29.6 Å². The third kappa shape index (κ3) is 8.21. The number of nitrogens with zero attached hydrogens (tertiary/aromatic N) is 1. The SMILES string of the molecule is CC(C)(C)OC(=O)CN(N)C[C@H](Cc1ccccc1)NCc1cccc(C2(C)OCCO2)c1. The summed E-state index contributed by atoms with van der Waals surface area (Å²) in [6.45, 7) is 9.88. The molecule has 1 fully saturated rings. The van der Waals surface area contributed by atoms with E-state index in [1.165, 1.54) is 10.6 Å². The molecule has 7 heteroatoms. The van der Waals surface area contributed by atoms with E-state index < -0.39 is 11.4 Å². The minimum absolute atomic E-state index is 0.0345. The standard InChI is InChI=1S/C26H37N3O4/c1-25(2,3)33-24(30)19-29(27)18-23(16-20-9-6-5-7-10-20)28-17-21-11-8-12-22(15-21)26(4)31-13-14-32-26/h5-12,15,23,28H,13-14,16-19,27H2,1-4H3/t23-/m0/s1. The van der Waals surface area contributed by atoms with Crippen molar-refractivity contribution in [2.45, 2.75) is 58.1 Å². The van der Waals surface area contributed by atoms with Gasteiger partial charge in [-0.1, -0.05) is 48.5 Å². The Hall–Kier alpha value is -2.29. The molecule has 0 unspecified atom stereocenters. The van der Waals surface area contributed by atoms with Crippen LogP contribution in [-0.2, 0) is 37.8 Å². The highest BCUT2D eigenvalue weighted by Gasteiger charge is 2.33. The van der Waals surface area contributed by atoms with E-state index in [1.54, 1.807) is 0 Å². The van der Waals surface area contributed by atoms with Crippen LogP contribution in [0, 0.1) is 0 Å². The van der Waals surface area contributed by atoms with Gasteiger partial charge in [0.15, 0.2) is 5.79 Å². The Morgan fingerprint density at radius 2 is 1.79 bits per heavy atom. The van der Waals surface area contributed by atoms with E-state index in [0.717, 1.165) is 17.5 Å². The zero-order valence-electron chi connectivity index (χ0n) is 20.2. The Bertz CT molecular complexity index is 892. The second-order valence-electron chi connectivity index (χ2n) is 9.63. The lowest BCUT2D eigenvalue weighted by atomic mass is 10.0. The second kappa shape index (κ2) is 11.2. The van der Waals surface area contributed by atoms with Crippen molar-refractivity contribution in [3.8, 4) is 0 Å². The van der Waals surface area contributed by atoms with Crippen molar-refractivity contribution in [1.29, 1.82) is 0 Å². The molecule has 1 aliphatic rings. The van der Waals surface area contributed by atoms with Gasteiger partial charge in [-0.3, -0.25) is 10.6 Å². The van der Waals surface area contributed by atoms with Crippen molar-refractivity contribution in [2.75, 3.05) is 26.3 Å². The highest BCUT2D eigenvalue weighted by atomic mass is 16.7. The van der Waals surface area contributed by atoms with Crippen LogP contribution < -0.4 is 11.2 Å². The molecule has 1 aliphatic heterocycles. The number of carbonyl (C=O) groups excluding carboxylic acids is 1. The van der Waals surface area contributed by atoms with E-state index >= 15 is 0 Å². The molecular formula is C26H37N3O4. The van der Waals surface area contributed by atoms with Crippen LogP contribution in [0.25, 0.3) is 0 Å². The Morgan fingerprint density at radius 3 is 2.45 bits per heavy atom. The first-order valence-electron chi connectivity index (χ1n) is 11.5. The Labute approximate surface area is 197 Å². The van der Waals surface area contributed by atoms with Crippen LogP contribution >= 0.6 is 0 Å². The third-order valence-corrected chi connectivity index (χ3v) is 5.42. The van der Waals surface area contributed by atoms with Gasteiger partial charge in [-0.25, -0.2) is 5.01 Å². The fraction of sp³-hybridized carbons (Fsp3) is 0.500. The van der Waals surface area contributed by atoms with Crippen molar-refractivity contribution >= 4 is 5.97 Å². The van der Waals surface area contributed by atoms with Crippen LogP contribution in [-0.4, -0.2) is 48.9 Å². The van der Waals surface area contributed by atoms with Crippen molar-refractivity contribution in [3.63, 3.8) is 0 Å². The van der Waals surface area contributed by atoms with Crippen LogP contribution in [0.1, 0.15) is 44.4 Å². The summed E-state index contributed by atoms with van der Waals surface area (Å²) in [5, 5.41) is 5.13. The molecule has 0 spiro atoms. The summed E-state index contributed by atoms with van der Waals surface area (Å²) < 4.78 is 17.0. The Balaban J connectivity index is 1.64. The number of hydrogen-bond donors (Lipinski definition) is 2. The van der Waals surface area contributed by atoms with Gasteiger partial charge >= 0.3 is 5.97 Å². The summed E-state index contributed by atoms with van der Waals surface area (Å²) in [6.07, 6.45) is 0.784. The highest BCUT2D eigenvalue weighted by molar-refractivity contribution is 5.72. The summed E-state index contributed by atoms with van der Waals surface area (Å²) in [7, 11) is 0. The zero-order chi connectivity index (χ0) is 23.9. The molecular weight excluding hydrogens is 418 g/mol. The molecule has 0 saturated carbocycles. The monoisotopic (exact) mass is 455 g/mol. The number of ether oxygens (including phenoxy) is 3. The first-order valence-corrected chi connectivity index (χ1v) is 11.5. The van der Waals surface area contributed by atoms with Crippen LogP contribution in [0.15, 0.2) is 54.6 Å². The number of benzene rings is 2. The molecule has 2 aromatic rings. The topological polar surface area (TPSA) is 86.1 Å². The summed E-state index contributed by atoms with van der Waals surface area (Å²) >= 11 is 0. The molecule has 1 saturated heterocycles. The van der Waals surface area contributed by atoms with Gasteiger partial charge in [0.1, 0.15) is 12.1 Å². The number of hydrogen-bond acceptors (Lipinski definition) is 7. The molecule has 0 amide bonds. The molecule has 3 N–H and O–H groups in total. The first kappa shape index (κ1) is 25.3. The van der Waals surface area contributed by atoms with Gasteiger partial charge in [0, 0.05) is 24.7 Å². The molecule has 2 aromatic carbocycles. The lowest BCUT2D eigenvalue weighted by Gasteiger charge is -2.27. The van der Waals surface area contributed by atoms with Gasteiger partial charge in [0.2, 0.25) is 0 Å². The summed E-state index contributed by atoms with van der Waals surface area (Å²) in [6, 6.07) is 18.5. The minimum Gasteiger partial charge on any atom is -0.459 e. The normalized spacial score (nSPS) is 16.7. The molecule has 1 atom stereocenters. The molecule has 0 bridgehead atoms. The van der Waals surface area contributed by atoms with Gasteiger partial charge in [0.05, 0.1) is 13.2 Å². The third-order valence-electron chi connectivity index (χ3n) is 5.42. The van der Waals surface area contributed by atoms with Gasteiger partial charge in [-0.2, -0.15) is 0 Å². The highest BCUT2D eigenvalue weighted by Crippen LogP contribution is 2.31. The molecule has 180 valence electrons.